The first-order valence-electron chi connectivity index (χ1n) is 10.7. The number of benzene rings is 2. The molecule has 1 aliphatic carbocycles. The molecule has 2 aromatic rings. The Balaban J connectivity index is 1.68. The van der Waals surface area contributed by atoms with Crippen LogP contribution in [0.4, 0.5) is 0 Å². The van der Waals surface area contributed by atoms with Gasteiger partial charge in [-0.3, -0.25) is 9.59 Å². The van der Waals surface area contributed by atoms with Gasteiger partial charge in [0, 0.05) is 23.4 Å². The molecule has 0 heterocycles. The smallest absolute Gasteiger partial charge is 0.242 e. The average Bonchev–Trinajstić information content (AvgIpc) is 3.27. The van der Waals surface area contributed by atoms with Gasteiger partial charge in [-0.25, -0.2) is 0 Å². The number of amides is 2. The molecule has 2 aromatic carbocycles. The number of halogens is 3. The number of nitrogens with one attached hydrogen (secondary N) is 1. The average molecular weight is 514 g/mol. The number of carbonyl (C=O) groups is 2. The normalized spacial score (nSPS) is 14.9. The molecule has 1 atom stereocenters. The lowest BCUT2D eigenvalue weighted by atomic mass is 10.1. The first-order chi connectivity index (χ1) is 15.3. The van der Waals surface area contributed by atoms with Crippen LogP contribution in [0.15, 0.2) is 42.5 Å². The quantitative estimate of drug-likeness (QED) is 0.425. The second-order valence-electron chi connectivity index (χ2n) is 8.06. The van der Waals surface area contributed by atoms with E-state index in [4.69, 9.17) is 34.8 Å². The van der Waals surface area contributed by atoms with E-state index in [0.29, 0.717) is 20.8 Å². The summed E-state index contributed by atoms with van der Waals surface area (Å²) in [6, 6.07) is 12.5. The Morgan fingerprint density at radius 1 is 1.06 bits per heavy atom. The van der Waals surface area contributed by atoms with Gasteiger partial charge in [0.25, 0.3) is 0 Å². The molecule has 4 nitrogen and oxygen atoms in total. The van der Waals surface area contributed by atoms with Crippen molar-refractivity contribution in [3.8, 4) is 0 Å². The summed E-state index contributed by atoms with van der Waals surface area (Å²) in [6.07, 6.45) is 4.25. The Bertz CT molecular complexity index is 951. The fourth-order valence-corrected chi connectivity index (χ4v) is 5.17. The van der Waals surface area contributed by atoms with E-state index in [1.165, 1.54) is 11.8 Å². The molecule has 0 unspecified atom stereocenters. The van der Waals surface area contributed by atoms with Gasteiger partial charge in [-0.15, -0.1) is 11.8 Å². The van der Waals surface area contributed by atoms with Crippen LogP contribution in [-0.2, 0) is 21.9 Å². The SMILES string of the molecule is C[C@H](C(=O)NC1CCCC1)N(Cc1ccc(Cl)c(Cl)c1)C(=O)CSCc1cccc(Cl)c1. The third kappa shape index (κ3) is 7.31. The van der Waals surface area contributed by atoms with Gasteiger partial charge in [0.2, 0.25) is 11.8 Å². The highest BCUT2D eigenvalue weighted by molar-refractivity contribution is 7.99. The number of rotatable bonds is 9. The minimum absolute atomic E-state index is 0.0998. The molecule has 3 rings (SSSR count). The van der Waals surface area contributed by atoms with Gasteiger partial charge in [-0.2, -0.15) is 0 Å². The standard InChI is InChI=1S/C24H27Cl3N2O2S/c1-16(24(31)28-20-7-2-3-8-20)29(13-17-9-10-21(26)22(27)12-17)23(30)15-32-14-18-5-4-6-19(25)11-18/h4-6,9-12,16,20H,2-3,7-8,13-15H2,1H3,(H,28,31)/t16-/m1/s1. The van der Waals surface area contributed by atoms with Crippen LogP contribution in [0.1, 0.15) is 43.7 Å². The number of nitrogens with zero attached hydrogens (tertiary/aromatic N) is 1. The van der Waals surface area contributed by atoms with Gasteiger partial charge in [0.1, 0.15) is 6.04 Å². The highest BCUT2D eigenvalue weighted by atomic mass is 35.5. The van der Waals surface area contributed by atoms with Gasteiger partial charge in [0.15, 0.2) is 0 Å². The minimum Gasteiger partial charge on any atom is -0.352 e. The molecule has 0 aromatic heterocycles. The molecule has 1 saturated carbocycles. The van der Waals surface area contributed by atoms with E-state index < -0.39 is 6.04 Å². The molecular weight excluding hydrogens is 487 g/mol. The molecule has 1 aliphatic rings. The summed E-state index contributed by atoms with van der Waals surface area (Å²) in [7, 11) is 0. The van der Waals surface area contributed by atoms with Crippen molar-refractivity contribution >= 4 is 58.4 Å². The van der Waals surface area contributed by atoms with Crippen molar-refractivity contribution in [3.63, 3.8) is 0 Å². The van der Waals surface area contributed by atoms with E-state index >= 15 is 0 Å². The highest BCUT2D eigenvalue weighted by Crippen LogP contribution is 2.25. The lowest BCUT2D eigenvalue weighted by Gasteiger charge is -2.30. The Hall–Kier alpha value is -1.40. The van der Waals surface area contributed by atoms with Crippen LogP contribution >= 0.6 is 46.6 Å². The minimum atomic E-state index is -0.593. The summed E-state index contributed by atoms with van der Waals surface area (Å²) in [5.41, 5.74) is 1.88. The predicted molar refractivity (Wildman–Crippen MR) is 134 cm³/mol. The molecule has 0 bridgehead atoms. The van der Waals surface area contributed by atoms with Crippen LogP contribution in [-0.4, -0.2) is 34.6 Å². The van der Waals surface area contributed by atoms with Crippen LogP contribution in [0.5, 0.6) is 0 Å². The molecule has 1 fully saturated rings. The molecular formula is C24H27Cl3N2O2S. The van der Waals surface area contributed by atoms with Gasteiger partial charge in [-0.1, -0.05) is 65.8 Å². The monoisotopic (exact) mass is 512 g/mol. The molecule has 2 amide bonds. The summed E-state index contributed by atoms with van der Waals surface area (Å²) in [5.74, 6) is 0.701. The Kier molecular flexibility index (Phi) is 9.60. The van der Waals surface area contributed by atoms with Crippen LogP contribution in [0, 0.1) is 0 Å². The van der Waals surface area contributed by atoms with Crippen molar-refractivity contribution in [1.29, 1.82) is 0 Å². The molecule has 0 spiro atoms. The Labute approximate surface area is 209 Å². The molecule has 0 saturated heterocycles. The summed E-state index contributed by atoms with van der Waals surface area (Å²) in [5, 5.41) is 4.66. The molecule has 172 valence electrons. The first-order valence-corrected chi connectivity index (χ1v) is 13.0. The first kappa shape index (κ1) is 25.2. The summed E-state index contributed by atoms with van der Waals surface area (Å²) < 4.78 is 0. The molecule has 0 radical (unpaired) electrons. The number of carbonyl (C=O) groups excluding carboxylic acids is 2. The number of thioether (sulfide) groups is 1. The van der Waals surface area contributed by atoms with Crippen LogP contribution in [0.2, 0.25) is 15.1 Å². The van der Waals surface area contributed by atoms with Crippen LogP contribution < -0.4 is 5.32 Å². The Morgan fingerprint density at radius 3 is 2.50 bits per heavy atom. The maximum absolute atomic E-state index is 13.2. The van der Waals surface area contributed by atoms with Crippen LogP contribution in [0.25, 0.3) is 0 Å². The predicted octanol–water partition coefficient (Wildman–Crippen LogP) is 6.36. The zero-order valence-electron chi connectivity index (χ0n) is 18.0. The molecule has 1 N–H and O–H groups in total. The number of hydrogen-bond donors (Lipinski definition) is 1. The maximum atomic E-state index is 13.2. The fraction of sp³-hybridized carbons (Fsp3) is 0.417. The van der Waals surface area contributed by atoms with E-state index in [1.54, 1.807) is 24.0 Å². The molecule has 8 heteroatoms. The van der Waals surface area contributed by atoms with E-state index in [2.05, 4.69) is 5.32 Å². The van der Waals surface area contributed by atoms with Crippen molar-refractivity contribution in [3.05, 3.63) is 68.7 Å². The highest BCUT2D eigenvalue weighted by Gasteiger charge is 2.28. The summed E-state index contributed by atoms with van der Waals surface area (Å²) >= 11 is 19.8. The summed E-state index contributed by atoms with van der Waals surface area (Å²) in [4.78, 5) is 27.7. The van der Waals surface area contributed by atoms with Gasteiger partial charge in [0.05, 0.1) is 15.8 Å². The second-order valence-corrected chi connectivity index (χ2v) is 10.3. The van der Waals surface area contributed by atoms with E-state index in [0.717, 1.165) is 36.8 Å². The van der Waals surface area contributed by atoms with Crippen molar-refractivity contribution in [2.75, 3.05) is 5.75 Å². The van der Waals surface area contributed by atoms with Gasteiger partial charge in [-0.05, 0) is 55.2 Å². The van der Waals surface area contributed by atoms with Crippen LogP contribution in [0.3, 0.4) is 0 Å². The van der Waals surface area contributed by atoms with Crippen molar-refractivity contribution in [2.45, 2.75) is 57.0 Å². The van der Waals surface area contributed by atoms with Gasteiger partial charge < -0.3 is 10.2 Å². The van der Waals surface area contributed by atoms with E-state index in [-0.39, 0.29) is 30.2 Å². The lowest BCUT2D eigenvalue weighted by molar-refractivity contribution is -0.138. The molecule has 32 heavy (non-hydrogen) atoms. The third-order valence-corrected chi connectivity index (χ3v) is 7.55. The van der Waals surface area contributed by atoms with E-state index in [9.17, 15) is 9.59 Å². The zero-order chi connectivity index (χ0) is 23.1. The van der Waals surface area contributed by atoms with Crippen molar-refractivity contribution < 1.29 is 9.59 Å². The summed E-state index contributed by atoms with van der Waals surface area (Å²) in [6.45, 7) is 2.06. The Morgan fingerprint density at radius 2 is 1.81 bits per heavy atom. The topological polar surface area (TPSA) is 49.4 Å². The molecule has 0 aliphatic heterocycles. The van der Waals surface area contributed by atoms with Crippen molar-refractivity contribution in [1.82, 2.24) is 10.2 Å². The zero-order valence-corrected chi connectivity index (χ0v) is 21.0. The van der Waals surface area contributed by atoms with E-state index in [1.807, 2.05) is 30.3 Å². The largest absolute Gasteiger partial charge is 0.352 e. The third-order valence-electron chi connectivity index (χ3n) is 5.59. The van der Waals surface area contributed by atoms with Crippen molar-refractivity contribution in [2.24, 2.45) is 0 Å². The fourth-order valence-electron chi connectivity index (χ4n) is 3.78. The maximum Gasteiger partial charge on any atom is 0.242 e. The second kappa shape index (κ2) is 12.2. The lowest BCUT2D eigenvalue weighted by Crippen LogP contribution is -2.50. The number of hydrogen-bond acceptors (Lipinski definition) is 3. The van der Waals surface area contributed by atoms with Gasteiger partial charge >= 0.3 is 0 Å².